The number of ether oxygens (including phenoxy) is 1. The third-order valence-electron chi connectivity index (χ3n) is 2.88. The van der Waals surface area contributed by atoms with Crippen LogP contribution in [0, 0.1) is 0 Å². The first-order chi connectivity index (χ1) is 10.1. The van der Waals surface area contributed by atoms with E-state index < -0.39 is 5.97 Å². The molecule has 0 aliphatic rings. The normalized spacial score (nSPS) is 10.2. The average Bonchev–Trinajstić information content (AvgIpc) is 2.44. The van der Waals surface area contributed by atoms with Gasteiger partial charge in [0, 0.05) is 12.8 Å². The highest BCUT2D eigenvalue weighted by Crippen LogP contribution is 2.27. The summed E-state index contributed by atoms with van der Waals surface area (Å²) in [5.41, 5.74) is 1.48. The highest BCUT2D eigenvalue weighted by Gasteiger charge is 2.09. The lowest BCUT2D eigenvalue weighted by molar-refractivity contribution is -0.137. The van der Waals surface area contributed by atoms with Gasteiger partial charge in [-0.15, -0.1) is 0 Å². The molecule has 0 heterocycles. The number of carboxylic acids is 1. The van der Waals surface area contributed by atoms with E-state index in [2.05, 4.69) is 5.32 Å². The quantitative estimate of drug-likeness (QED) is 0.733. The molecule has 5 heteroatoms. The zero-order chi connectivity index (χ0) is 15.7. The van der Waals surface area contributed by atoms with Crippen molar-refractivity contribution in [3.8, 4) is 5.75 Å². The standard InChI is InChI=1S/C16H23NO4/c1-3-5-15(18)17-13-11-12(7-9-16(19)20)6-8-14(13)21-10-4-2/h6,8,11H,3-5,7,9-10H2,1-2H3,(H,17,18)(H,19,20). The van der Waals surface area contributed by atoms with Crippen LogP contribution in [-0.4, -0.2) is 23.6 Å². The summed E-state index contributed by atoms with van der Waals surface area (Å²) in [7, 11) is 0. The molecule has 0 radical (unpaired) electrons. The second kappa shape index (κ2) is 9.00. The number of hydrogen-bond acceptors (Lipinski definition) is 3. The van der Waals surface area contributed by atoms with Crippen LogP contribution in [0.2, 0.25) is 0 Å². The Morgan fingerprint density at radius 3 is 2.57 bits per heavy atom. The van der Waals surface area contributed by atoms with Crippen molar-refractivity contribution in [3.05, 3.63) is 23.8 Å². The van der Waals surface area contributed by atoms with Crippen LogP contribution in [0.5, 0.6) is 5.75 Å². The largest absolute Gasteiger partial charge is 0.491 e. The number of anilines is 1. The third kappa shape index (κ3) is 6.29. The van der Waals surface area contributed by atoms with E-state index in [0.29, 0.717) is 30.9 Å². The van der Waals surface area contributed by atoms with Crippen molar-refractivity contribution >= 4 is 17.6 Å². The summed E-state index contributed by atoms with van der Waals surface area (Å²) in [5.74, 6) is -0.271. The molecule has 0 spiro atoms. The molecular formula is C16H23NO4. The van der Waals surface area contributed by atoms with Crippen LogP contribution in [0.25, 0.3) is 0 Å². The van der Waals surface area contributed by atoms with Gasteiger partial charge in [0.15, 0.2) is 0 Å². The summed E-state index contributed by atoms with van der Waals surface area (Å²) in [4.78, 5) is 22.4. The van der Waals surface area contributed by atoms with Crippen LogP contribution in [0.4, 0.5) is 5.69 Å². The molecule has 116 valence electrons. The van der Waals surface area contributed by atoms with E-state index in [1.165, 1.54) is 0 Å². The molecule has 0 fully saturated rings. The van der Waals surface area contributed by atoms with Gasteiger partial charge in [0.2, 0.25) is 5.91 Å². The maximum atomic E-state index is 11.8. The summed E-state index contributed by atoms with van der Waals surface area (Å²) in [6.45, 7) is 4.53. The van der Waals surface area contributed by atoms with Crippen molar-refractivity contribution in [2.24, 2.45) is 0 Å². The molecule has 0 bridgehead atoms. The van der Waals surface area contributed by atoms with Gasteiger partial charge in [-0.05, 0) is 37.0 Å². The maximum Gasteiger partial charge on any atom is 0.303 e. The Morgan fingerprint density at radius 2 is 1.95 bits per heavy atom. The molecule has 21 heavy (non-hydrogen) atoms. The number of carbonyl (C=O) groups excluding carboxylic acids is 1. The Hall–Kier alpha value is -2.04. The van der Waals surface area contributed by atoms with Crippen molar-refractivity contribution < 1.29 is 19.4 Å². The second-order valence-corrected chi connectivity index (χ2v) is 4.87. The SMILES string of the molecule is CCCOc1ccc(CCC(=O)O)cc1NC(=O)CCC. The highest BCUT2D eigenvalue weighted by atomic mass is 16.5. The lowest BCUT2D eigenvalue weighted by Gasteiger charge is -2.13. The van der Waals surface area contributed by atoms with Gasteiger partial charge >= 0.3 is 5.97 Å². The van der Waals surface area contributed by atoms with E-state index >= 15 is 0 Å². The lowest BCUT2D eigenvalue weighted by atomic mass is 10.1. The first-order valence-electron chi connectivity index (χ1n) is 7.34. The monoisotopic (exact) mass is 293 g/mol. The van der Waals surface area contributed by atoms with Gasteiger partial charge in [0.05, 0.1) is 12.3 Å². The summed E-state index contributed by atoms with van der Waals surface area (Å²) in [5, 5.41) is 11.6. The topological polar surface area (TPSA) is 75.6 Å². The zero-order valence-electron chi connectivity index (χ0n) is 12.6. The minimum atomic E-state index is -0.835. The molecule has 1 rings (SSSR count). The molecule has 0 atom stereocenters. The minimum absolute atomic E-state index is 0.0609. The van der Waals surface area contributed by atoms with Gasteiger partial charge in [-0.3, -0.25) is 9.59 Å². The molecule has 0 unspecified atom stereocenters. The molecule has 0 saturated heterocycles. The Kier molecular flexibility index (Phi) is 7.29. The first kappa shape index (κ1) is 17.0. The van der Waals surface area contributed by atoms with Gasteiger partial charge < -0.3 is 15.2 Å². The lowest BCUT2D eigenvalue weighted by Crippen LogP contribution is -2.12. The molecule has 0 aromatic heterocycles. The Morgan fingerprint density at radius 1 is 1.19 bits per heavy atom. The fraction of sp³-hybridized carbons (Fsp3) is 0.500. The van der Waals surface area contributed by atoms with E-state index in [1.54, 1.807) is 12.1 Å². The van der Waals surface area contributed by atoms with Crippen molar-refractivity contribution in [2.75, 3.05) is 11.9 Å². The molecule has 0 saturated carbocycles. The number of hydrogen-bond donors (Lipinski definition) is 2. The number of rotatable bonds is 9. The molecule has 0 aliphatic carbocycles. The van der Waals surface area contributed by atoms with Crippen molar-refractivity contribution in [1.29, 1.82) is 0 Å². The van der Waals surface area contributed by atoms with Crippen molar-refractivity contribution in [1.82, 2.24) is 0 Å². The van der Waals surface area contributed by atoms with Crippen LogP contribution >= 0.6 is 0 Å². The van der Waals surface area contributed by atoms with Crippen LogP contribution in [0.15, 0.2) is 18.2 Å². The van der Waals surface area contributed by atoms with Crippen LogP contribution in [-0.2, 0) is 16.0 Å². The van der Waals surface area contributed by atoms with Gasteiger partial charge in [0.25, 0.3) is 0 Å². The number of benzene rings is 1. The average molecular weight is 293 g/mol. The first-order valence-corrected chi connectivity index (χ1v) is 7.34. The molecule has 1 aromatic carbocycles. The summed E-state index contributed by atoms with van der Waals surface area (Å²) < 4.78 is 5.61. The van der Waals surface area contributed by atoms with Crippen molar-refractivity contribution in [3.63, 3.8) is 0 Å². The van der Waals surface area contributed by atoms with E-state index in [4.69, 9.17) is 9.84 Å². The van der Waals surface area contributed by atoms with E-state index in [1.807, 2.05) is 19.9 Å². The molecule has 1 aromatic rings. The van der Waals surface area contributed by atoms with E-state index in [9.17, 15) is 9.59 Å². The van der Waals surface area contributed by atoms with Crippen LogP contribution in [0.3, 0.4) is 0 Å². The molecule has 5 nitrogen and oxygen atoms in total. The second-order valence-electron chi connectivity index (χ2n) is 4.87. The van der Waals surface area contributed by atoms with Crippen molar-refractivity contribution in [2.45, 2.75) is 46.0 Å². The van der Waals surface area contributed by atoms with E-state index in [0.717, 1.165) is 18.4 Å². The highest BCUT2D eigenvalue weighted by molar-refractivity contribution is 5.92. The smallest absolute Gasteiger partial charge is 0.303 e. The molecule has 0 aliphatic heterocycles. The molecular weight excluding hydrogens is 270 g/mol. The Labute approximate surface area is 125 Å². The van der Waals surface area contributed by atoms with Gasteiger partial charge in [-0.2, -0.15) is 0 Å². The van der Waals surface area contributed by atoms with E-state index in [-0.39, 0.29) is 12.3 Å². The number of nitrogens with one attached hydrogen (secondary N) is 1. The number of carboxylic acid groups (broad SMARTS) is 1. The number of amides is 1. The predicted molar refractivity (Wildman–Crippen MR) is 81.7 cm³/mol. The Bertz CT molecular complexity index is 485. The fourth-order valence-corrected chi connectivity index (χ4v) is 1.86. The minimum Gasteiger partial charge on any atom is -0.491 e. The fourth-order valence-electron chi connectivity index (χ4n) is 1.86. The van der Waals surface area contributed by atoms with Crippen LogP contribution in [0.1, 0.15) is 45.1 Å². The number of aliphatic carboxylic acids is 1. The summed E-state index contributed by atoms with van der Waals surface area (Å²) >= 11 is 0. The Balaban J connectivity index is 2.87. The number of carbonyl (C=O) groups is 2. The zero-order valence-corrected chi connectivity index (χ0v) is 12.6. The summed E-state index contributed by atoms with van der Waals surface area (Å²) in [6.07, 6.45) is 2.60. The van der Waals surface area contributed by atoms with Gasteiger partial charge in [0.1, 0.15) is 5.75 Å². The molecule has 2 N–H and O–H groups in total. The van der Waals surface area contributed by atoms with Crippen LogP contribution < -0.4 is 10.1 Å². The number of aryl methyl sites for hydroxylation is 1. The third-order valence-corrected chi connectivity index (χ3v) is 2.88. The van der Waals surface area contributed by atoms with Gasteiger partial charge in [-0.1, -0.05) is 19.9 Å². The predicted octanol–water partition coefficient (Wildman–Crippen LogP) is 3.23. The maximum absolute atomic E-state index is 11.8. The molecule has 1 amide bonds. The van der Waals surface area contributed by atoms with Gasteiger partial charge in [-0.25, -0.2) is 0 Å². The summed E-state index contributed by atoms with van der Waals surface area (Å²) in [6, 6.07) is 5.42.